The van der Waals surface area contributed by atoms with Crippen molar-refractivity contribution in [1.82, 2.24) is 4.90 Å². The maximum atomic E-state index is 12.5. The molecule has 1 amide bonds. The first kappa shape index (κ1) is 15.7. The van der Waals surface area contributed by atoms with Crippen LogP contribution in [-0.2, 0) is 11.2 Å². The molecule has 4 nitrogen and oxygen atoms in total. The molecule has 1 aliphatic rings. The van der Waals surface area contributed by atoms with Crippen molar-refractivity contribution in [3.63, 3.8) is 0 Å². The fraction of sp³-hybridized carbons (Fsp3) is 0.333. The molecular formula is C18H19NO3S. The van der Waals surface area contributed by atoms with E-state index in [1.807, 2.05) is 28.5 Å². The fourth-order valence-corrected chi connectivity index (χ4v) is 3.75. The number of ketones is 1. The number of hydrogen-bond acceptors (Lipinski definition) is 4. The van der Waals surface area contributed by atoms with E-state index in [0.717, 1.165) is 23.3 Å². The van der Waals surface area contributed by atoms with Crippen molar-refractivity contribution >= 4 is 23.0 Å². The molecule has 0 saturated carbocycles. The lowest BCUT2D eigenvalue weighted by Gasteiger charge is -2.24. The minimum Gasteiger partial charge on any atom is -0.508 e. The Bertz CT molecular complexity index is 696. The van der Waals surface area contributed by atoms with Crippen molar-refractivity contribution in [1.29, 1.82) is 0 Å². The van der Waals surface area contributed by atoms with Gasteiger partial charge in [-0.05, 0) is 42.0 Å². The predicted octanol–water partition coefficient (Wildman–Crippen LogP) is 3.26. The van der Waals surface area contributed by atoms with E-state index < -0.39 is 0 Å². The molecule has 1 fully saturated rings. The van der Waals surface area contributed by atoms with E-state index in [1.165, 1.54) is 11.3 Å². The Kier molecular flexibility index (Phi) is 4.76. The van der Waals surface area contributed by atoms with Crippen molar-refractivity contribution in [3.05, 3.63) is 52.2 Å². The summed E-state index contributed by atoms with van der Waals surface area (Å²) >= 11 is 1.45. The summed E-state index contributed by atoms with van der Waals surface area (Å²) in [5, 5.41) is 11.4. The Morgan fingerprint density at radius 1 is 1.26 bits per heavy atom. The second-order valence-corrected chi connectivity index (χ2v) is 6.78. The van der Waals surface area contributed by atoms with Crippen LogP contribution in [0.2, 0.25) is 0 Å². The van der Waals surface area contributed by atoms with Gasteiger partial charge in [0.2, 0.25) is 5.91 Å². The monoisotopic (exact) mass is 329 g/mol. The lowest BCUT2D eigenvalue weighted by molar-refractivity contribution is -0.131. The summed E-state index contributed by atoms with van der Waals surface area (Å²) in [4.78, 5) is 27.4. The number of carbonyl (C=O) groups excluding carboxylic acids is 2. The number of Topliss-reactive ketones (excluding diaryl/α,β-unsaturated/α-hetero) is 1. The Hall–Kier alpha value is -2.14. The van der Waals surface area contributed by atoms with E-state index in [9.17, 15) is 14.7 Å². The zero-order valence-electron chi connectivity index (χ0n) is 12.8. The average molecular weight is 329 g/mol. The Labute approximate surface area is 139 Å². The lowest BCUT2D eigenvalue weighted by Crippen LogP contribution is -2.37. The van der Waals surface area contributed by atoms with Crippen LogP contribution in [0.5, 0.6) is 5.75 Å². The molecule has 1 atom stereocenters. The number of benzene rings is 1. The van der Waals surface area contributed by atoms with Crippen LogP contribution >= 0.6 is 11.3 Å². The SMILES string of the molecule is O=C(C[C@H]1CCCN1C(=O)Cc1cccc(O)c1)c1cccs1. The van der Waals surface area contributed by atoms with Gasteiger partial charge in [-0.2, -0.15) is 0 Å². The molecule has 0 spiro atoms. The lowest BCUT2D eigenvalue weighted by atomic mass is 10.1. The first-order valence-corrected chi connectivity index (χ1v) is 8.65. The van der Waals surface area contributed by atoms with E-state index >= 15 is 0 Å². The zero-order valence-corrected chi connectivity index (χ0v) is 13.6. The number of carbonyl (C=O) groups is 2. The van der Waals surface area contributed by atoms with Crippen molar-refractivity contribution in [2.24, 2.45) is 0 Å². The second-order valence-electron chi connectivity index (χ2n) is 5.83. The summed E-state index contributed by atoms with van der Waals surface area (Å²) in [7, 11) is 0. The number of aromatic hydroxyl groups is 1. The van der Waals surface area contributed by atoms with Gasteiger partial charge in [-0.15, -0.1) is 11.3 Å². The molecule has 3 rings (SSSR count). The highest BCUT2D eigenvalue weighted by Gasteiger charge is 2.30. The molecule has 2 heterocycles. The van der Waals surface area contributed by atoms with Crippen LogP contribution < -0.4 is 0 Å². The minimum absolute atomic E-state index is 0.00518. The first-order valence-electron chi connectivity index (χ1n) is 7.77. The van der Waals surface area contributed by atoms with Gasteiger partial charge in [0.15, 0.2) is 5.78 Å². The largest absolute Gasteiger partial charge is 0.508 e. The third-order valence-electron chi connectivity index (χ3n) is 4.18. The molecule has 120 valence electrons. The maximum absolute atomic E-state index is 12.5. The number of rotatable bonds is 5. The minimum atomic E-state index is -0.00518. The van der Waals surface area contributed by atoms with Gasteiger partial charge in [0, 0.05) is 19.0 Å². The number of likely N-dealkylation sites (tertiary alicyclic amines) is 1. The first-order chi connectivity index (χ1) is 11.1. The highest BCUT2D eigenvalue weighted by Crippen LogP contribution is 2.24. The second kappa shape index (κ2) is 6.96. The van der Waals surface area contributed by atoms with Crippen LogP contribution in [0.15, 0.2) is 41.8 Å². The Morgan fingerprint density at radius 2 is 2.13 bits per heavy atom. The fourth-order valence-electron chi connectivity index (χ4n) is 3.07. The van der Waals surface area contributed by atoms with Gasteiger partial charge in [0.1, 0.15) is 5.75 Å². The van der Waals surface area contributed by atoms with Gasteiger partial charge < -0.3 is 10.0 Å². The smallest absolute Gasteiger partial charge is 0.227 e. The van der Waals surface area contributed by atoms with Gasteiger partial charge in [-0.25, -0.2) is 0 Å². The summed E-state index contributed by atoms with van der Waals surface area (Å²) in [6.45, 7) is 0.708. The Balaban J connectivity index is 1.64. The summed E-state index contributed by atoms with van der Waals surface area (Å²) in [5.74, 6) is 0.306. The molecule has 1 saturated heterocycles. The number of nitrogens with zero attached hydrogens (tertiary/aromatic N) is 1. The van der Waals surface area contributed by atoms with Gasteiger partial charge in [0.25, 0.3) is 0 Å². The number of phenolic OH excluding ortho intramolecular Hbond substituents is 1. The van der Waals surface area contributed by atoms with Crippen LogP contribution in [0, 0.1) is 0 Å². The van der Waals surface area contributed by atoms with Gasteiger partial charge in [-0.3, -0.25) is 9.59 Å². The average Bonchev–Trinajstić information content (AvgIpc) is 3.18. The quantitative estimate of drug-likeness (QED) is 0.857. The number of thiophene rings is 1. The van der Waals surface area contributed by atoms with Crippen LogP contribution in [-0.4, -0.2) is 34.3 Å². The molecule has 2 aromatic rings. The molecule has 23 heavy (non-hydrogen) atoms. The molecule has 0 radical (unpaired) electrons. The molecule has 5 heteroatoms. The van der Waals surface area contributed by atoms with Gasteiger partial charge in [0.05, 0.1) is 11.3 Å². The van der Waals surface area contributed by atoms with Crippen molar-refractivity contribution in [2.75, 3.05) is 6.54 Å². The van der Waals surface area contributed by atoms with E-state index in [4.69, 9.17) is 0 Å². The van der Waals surface area contributed by atoms with Gasteiger partial charge in [-0.1, -0.05) is 18.2 Å². The number of amides is 1. The molecule has 1 aromatic carbocycles. The summed E-state index contributed by atoms with van der Waals surface area (Å²) < 4.78 is 0. The maximum Gasteiger partial charge on any atom is 0.227 e. The van der Waals surface area contributed by atoms with Crippen molar-refractivity contribution in [2.45, 2.75) is 31.7 Å². The number of phenols is 1. The molecular weight excluding hydrogens is 310 g/mol. The van der Waals surface area contributed by atoms with E-state index in [-0.39, 0.29) is 29.9 Å². The zero-order chi connectivity index (χ0) is 16.2. The van der Waals surface area contributed by atoms with Crippen molar-refractivity contribution in [3.8, 4) is 5.75 Å². The molecule has 1 N–H and O–H groups in total. The predicted molar refractivity (Wildman–Crippen MR) is 89.8 cm³/mol. The highest BCUT2D eigenvalue weighted by molar-refractivity contribution is 7.12. The third kappa shape index (κ3) is 3.79. The highest BCUT2D eigenvalue weighted by atomic mass is 32.1. The molecule has 0 aliphatic carbocycles. The summed E-state index contributed by atoms with van der Waals surface area (Å²) in [5.41, 5.74) is 0.797. The summed E-state index contributed by atoms with van der Waals surface area (Å²) in [6.07, 6.45) is 2.47. The number of hydrogen-bond donors (Lipinski definition) is 1. The van der Waals surface area contributed by atoms with E-state index in [0.29, 0.717) is 13.0 Å². The van der Waals surface area contributed by atoms with E-state index in [1.54, 1.807) is 18.2 Å². The third-order valence-corrected chi connectivity index (χ3v) is 5.09. The summed E-state index contributed by atoms with van der Waals surface area (Å²) in [6, 6.07) is 10.5. The molecule has 0 bridgehead atoms. The molecule has 1 aliphatic heterocycles. The van der Waals surface area contributed by atoms with Crippen LogP contribution in [0.1, 0.15) is 34.5 Å². The topological polar surface area (TPSA) is 57.6 Å². The van der Waals surface area contributed by atoms with Crippen LogP contribution in [0.4, 0.5) is 0 Å². The molecule has 1 aromatic heterocycles. The normalized spacial score (nSPS) is 17.4. The van der Waals surface area contributed by atoms with E-state index in [2.05, 4.69) is 0 Å². The van der Waals surface area contributed by atoms with Crippen LogP contribution in [0.3, 0.4) is 0 Å². The molecule has 0 unspecified atom stereocenters. The van der Waals surface area contributed by atoms with Crippen molar-refractivity contribution < 1.29 is 14.7 Å². The Morgan fingerprint density at radius 3 is 2.87 bits per heavy atom. The standard InChI is InChI=1S/C18H19NO3S/c20-15-6-1-4-13(10-15)11-18(22)19-8-2-5-14(19)12-16(21)17-7-3-9-23-17/h1,3-4,6-7,9-10,14,20H,2,5,8,11-12H2/t14-/m1/s1. The van der Waals surface area contributed by atoms with Gasteiger partial charge >= 0.3 is 0 Å². The van der Waals surface area contributed by atoms with Crippen LogP contribution in [0.25, 0.3) is 0 Å².